The van der Waals surface area contributed by atoms with Crippen molar-refractivity contribution in [1.82, 2.24) is 4.98 Å². The lowest BCUT2D eigenvalue weighted by Gasteiger charge is -1.94. The minimum Gasteiger partial charge on any atom is -0.359 e. The predicted octanol–water partition coefficient (Wildman–Crippen LogP) is 4.41. The van der Waals surface area contributed by atoms with Crippen LogP contribution in [0.15, 0.2) is 18.2 Å². The summed E-state index contributed by atoms with van der Waals surface area (Å²) in [5.41, 5.74) is 3.14. The van der Waals surface area contributed by atoms with E-state index >= 15 is 0 Å². The summed E-state index contributed by atoms with van der Waals surface area (Å²) in [6, 6.07) is 2.01. The first kappa shape index (κ1) is 12.7. The molecule has 0 fully saturated rings. The Balaban J connectivity index is 2.65. The fourth-order valence-electron chi connectivity index (χ4n) is 1.51. The third kappa shape index (κ3) is 4.01. The van der Waals surface area contributed by atoms with Crippen LogP contribution in [0.25, 0.3) is 12.2 Å². The summed E-state index contributed by atoms with van der Waals surface area (Å²) < 4.78 is 23.8. The van der Waals surface area contributed by atoms with E-state index in [1.165, 1.54) is 0 Å². The minimum atomic E-state index is -2.22. The van der Waals surface area contributed by atoms with Gasteiger partial charge in [-0.15, -0.1) is 0 Å². The van der Waals surface area contributed by atoms with Gasteiger partial charge in [0.05, 0.1) is 0 Å². The van der Waals surface area contributed by atoms with E-state index in [0.29, 0.717) is 6.42 Å². The van der Waals surface area contributed by atoms with Crippen LogP contribution in [0.1, 0.15) is 36.7 Å². The summed E-state index contributed by atoms with van der Waals surface area (Å²) in [7, 11) is 0. The van der Waals surface area contributed by atoms with Gasteiger partial charge in [0.2, 0.25) is 6.43 Å². The molecule has 0 aliphatic rings. The SMILES string of the molecule is C/C=C\c1[nH]c(C)cc1/C=C/CCC(F)F. The largest absolute Gasteiger partial charge is 0.359 e. The van der Waals surface area contributed by atoms with Gasteiger partial charge in [-0.25, -0.2) is 8.78 Å². The quantitative estimate of drug-likeness (QED) is 0.763. The number of aromatic nitrogens is 1. The molecule has 1 heterocycles. The topological polar surface area (TPSA) is 15.8 Å². The Hall–Kier alpha value is -1.38. The third-order valence-electron chi connectivity index (χ3n) is 2.20. The average Bonchev–Trinajstić information content (AvgIpc) is 2.54. The number of nitrogens with one attached hydrogen (secondary N) is 1. The van der Waals surface area contributed by atoms with E-state index in [4.69, 9.17) is 0 Å². The smallest absolute Gasteiger partial charge is 0.238 e. The highest BCUT2D eigenvalue weighted by Gasteiger charge is 2.01. The van der Waals surface area contributed by atoms with Crippen molar-refractivity contribution in [3.63, 3.8) is 0 Å². The molecular formula is C13H17F2N. The van der Waals surface area contributed by atoms with Crippen molar-refractivity contribution in [2.45, 2.75) is 33.1 Å². The third-order valence-corrected chi connectivity index (χ3v) is 2.20. The van der Waals surface area contributed by atoms with E-state index in [1.54, 1.807) is 6.08 Å². The van der Waals surface area contributed by atoms with E-state index in [1.807, 2.05) is 38.1 Å². The van der Waals surface area contributed by atoms with E-state index in [2.05, 4.69) is 4.98 Å². The summed E-state index contributed by atoms with van der Waals surface area (Å²) in [6.45, 7) is 3.92. The van der Waals surface area contributed by atoms with Crippen LogP contribution in [0.2, 0.25) is 0 Å². The molecular weight excluding hydrogens is 208 g/mol. The molecule has 0 amide bonds. The van der Waals surface area contributed by atoms with E-state index in [-0.39, 0.29) is 6.42 Å². The monoisotopic (exact) mass is 225 g/mol. The molecule has 88 valence electrons. The second kappa shape index (κ2) is 6.26. The summed E-state index contributed by atoms with van der Waals surface area (Å²) >= 11 is 0. The second-order valence-electron chi connectivity index (χ2n) is 3.69. The molecule has 0 saturated heterocycles. The molecule has 1 N–H and O–H groups in total. The summed E-state index contributed by atoms with van der Waals surface area (Å²) in [5, 5.41) is 0. The van der Waals surface area contributed by atoms with Crippen LogP contribution in [0.3, 0.4) is 0 Å². The van der Waals surface area contributed by atoms with Gasteiger partial charge in [-0.1, -0.05) is 18.2 Å². The van der Waals surface area contributed by atoms with E-state index < -0.39 is 6.43 Å². The molecule has 0 atom stereocenters. The number of rotatable bonds is 5. The zero-order chi connectivity index (χ0) is 12.0. The number of allylic oxidation sites excluding steroid dienone is 2. The predicted molar refractivity (Wildman–Crippen MR) is 64.5 cm³/mol. The first-order valence-corrected chi connectivity index (χ1v) is 5.40. The van der Waals surface area contributed by atoms with Crippen LogP contribution in [0.4, 0.5) is 8.78 Å². The number of aromatic amines is 1. The Morgan fingerprint density at radius 2 is 2.12 bits per heavy atom. The van der Waals surface area contributed by atoms with Crippen molar-refractivity contribution in [3.05, 3.63) is 35.2 Å². The van der Waals surface area contributed by atoms with Gasteiger partial charge in [0.25, 0.3) is 0 Å². The van der Waals surface area contributed by atoms with Gasteiger partial charge >= 0.3 is 0 Å². The van der Waals surface area contributed by atoms with Crippen LogP contribution in [-0.4, -0.2) is 11.4 Å². The van der Waals surface area contributed by atoms with Crippen LogP contribution in [0.5, 0.6) is 0 Å². The van der Waals surface area contributed by atoms with Crippen molar-refractivity contribution in [2.75, 3.05) is 0 Å². The van der Waals surface area contributed by atoms with Gasteiger partial charge in [0.1, 0.15) is 0 Å². The van der Waals surface area contributed by atoms with Gasteiger partial charge in [0, 0.05) is 17.8 Å². The standard InChI is InChI=1S/C13H17F2N/c1-3-6-12-11(9-10(2)16-12)7-4-5-8-13(14)15/h3-4,6-7,9,13,16H,5,8H2,1-2H3/b6-3-,7-4+. The Labute approximate surface area is 94.9 Å². The molecule has 1 aromatic rings. The molecule has 0 saturated carbocycles. The first-order valence-electron chi connectivity index (χ1n) is 5.40. The lowest BCUT2D eigenvalue weighted by molar-refractivity contribution is 0.139. The summed E-state index contributed by atoms with van der Waals surface area (Å²) in [5.74, 6) is 0. The van der Waals surface area contributed by atoms with Crippen molar-refractivity contribution in [3.8, 4) is 0 Å². The van der Waals surface area contributed by atoms with Crippen molar-refractivity contribution < 1.29 is 8.78 Å². The number of halogens is 2. The van der Waals surface area contributed by atoms with Gasteiger partial charge in [-0.3, -0.25) is 0 Å². The van der Waals surface area contributed by atoms with E-state index in [0.717, 1.165) is 17.0 Å². The normalized spacial score (nSPS) is 12.3. The fraction of sp³-hybridized carbons (Fsp3) is 0.385. The van der Waals surface area contributed by atoms with Gasteiger partial charge < -0.3 is 4.98 Å². The highest BCUT2D eigenvalue weighted by Crippen LogP contribution is 2.15. The van der Waals surface area contributed by atoms with Gasteiger partial charge in [-0.2, -0.15) is 0 Å². The lowest BCUT2D eigenvalue weighted by Crippen LogP contribution is -1.86. The highest BCUT2D eigenvalue weighted by atomic mass is 19.3. The highest BCUT2D eigenvalue weighted by molar-refractivity contribution is 5.63. The average molecular weight is 225 g/mol. The molecule has 16 heavy (non-hydrogen) atoms. The van der Waals surface area contributed by atoms with Crippen molar-refractivity contribution >= 4 is 12.2 Å². The van der Waals surface area contributed by atoms with Gasteiger partial charge in [-0.05, 0) is 38.0 Å². The number of alkyl halides is 2. The number of H-pyrrole nitrogens is 1. The number of hydrogen-bond donors (Lipinski definition) is 1. The zero-order valence-electron chi connectivity index (χ0n) is 9.63. The molecule has 0 aromatic carbocycles. The Morgan fingerprint density at radius 3 is 2.75 bits per heavy atom. The lowest BCUT2D eigenvalue weighted by atomic mass is 10.2. The van der Waals surface area contributed by atoms with Crippen LogP contribution < -0.4 is 0 Å². The maximum absolute atomic E-state index is 11.9. The Bertz CT molecular complexity index is 375. The molecule has 0 bridgehead atoms. The first-order chi connectivity index (χ1) is 7.63. The fourth-order valence-corrected chi connectivity index (χ4v) is 1.51. The van der Waals surface area contributed by atoms with Gasteiger partial charge in [0.15, 0.2) is 0 Å². The molecule has 3 heteroatoms. The molecule has 0 aliphatic carbocycles. The molecule has 0 aliphatic heterocycles. The summed E-state index contributed by atoms with van der Waals surface area (Å²) in [4.78, 5) is 3.21. The number of aryl methyl sites for hydroxylation is 1. The molecule has 0 spiro atoms. The second-order valence-corrected chi connectivity index (χ2v) is 3.69. The Morgan fingerprint density at radius 1 is 1.38 bits per heavy atom. The number of hydrogen-bond acceptors (Lipinski definition) is 0. The van der Waals surface area contributed by atoms with Crippen LogP contribution in [0, 0.1) is 6.92 Å². The molecule has 1 aromatic heterocycles. The molecule has 1 rings (SSSR count). The van der Waals surface area contributed by atoms with Crippen molar-refractivity contribution in [1.29, 1.82) is 0 Å². The summed E-state index contributed by atoms with van der Waals surface area (Å²) in [6.07, 6.45) is 5.73. The van der Waals surface area contributed by atoms with E-state index in [9.17, 15) is 8.78 Å². The Kier molecular flexibility index (Phi) is 4.96. The maximum atomic E-state index is 11.9. The molecule has 0 radical (unpaired) electrons. The molecule has 1 nitrogen and oxygen atoms in total. The molecule has 0 unspecified atom stereocenters. The van der Waals surface area contributed by atoms with Crippen LogP contribution in [-0.2, 0) is 0 Å². The minimum absolute atomic E-state index is 0.0706. The maximum Gasteiger partial charge on any atom is 0.238 e. The zero-order valence-corrected chi connectivity index (χ0v) is 9.63. The van der Waals surface area contributed by atoms with Crippen molar-refractivity contribution in [2.24, 2.45) is 0 Å². The van der Waals surface area contributed by atoms with Crippen LogP contribution >= 0.6 is 0 Å².